The zero-order valence-electron chi connectivity index (χ0n) is 18.8. The van der Waals surface area contributed by atoms with Gasteiger partial charge >= 0.3 is 6.18 Å². The third-order valence-electron chi connectivity index (χ3n) is 7.74. The Bertz CT molecular complexity index is 1010. The Morgan fingerprint density at radius 2 is 1.64 bits per heavy atom. The van der Waals surface area contributed by atoms with Crippen molar-refractivity contribution in [2.45, 2.75) is 67.6 Å². The molecule has 33 heavy (non-hydrogen) atoms. The van der Waals surface area contributed by atoms with Gasteiger partial charge in [0.15, 0.2) is 5.16 Å². The molecule has 0 radical (unpaired) electrons. The van der Waals surface area contributed by atoms with E-state index in [1.807, 2.05) is 11.9 Å². The highest BCUT2D eigenvalue weighted by Crippen LogP contribution is 2.57. The zero-order chi connectivity index (χ0) is 23.4. The molecule has 0 N–H and O–H groups in total. The quantitative estimate of drug-likeness (QED) is 0.389. The molecule has 0 spiro atoms. The molecular formula is C25H28F3N3OS. The average molecular weight is 476 g/mol. The van der Waals surface area contributed by atoms with Crippen molar-refractivity contribution in [2.75, 3.05) is 7.05 Å². The van der Waals surface area contributed by atoms with E-state index in [1.165, 1.54) is 19.3 Å². The Morgan fingerprint density at radius 3 is 2.18 bits per heavy atom. The van der Waals surface area contributed by atoms with Gasteiger partial charge in [0.2, 0.25) is 5.91 Å². The highest BCUT2D eigenvalue weighted by atomic mass is 32.2. The fourth-order valence-electron chi connectivity index (χ4n) is 6.57. The first-order chi connectivity index (χ1) is 15.6. The fraction of sp³-hybridized carbons (Fsp3) is 0.560. The van der Waals surface area contributed by atoms with Crippen LogP contribution in [0.15, 0.2) is 41.6 Å². The molecule has 0 unspecified atom stereocenters. The number of aromatic nitrogens is 2. The van der Waals surface area contributed by atoms with Gasteiger partial charge < -0.3 is 4.90 Å². The Balaban J connectivity index is 1.38. The van der Waals surface area contributed by atoms with E-state index < -0.39 is 17.1 Å². The van der Waals surface area contributed by atoms with Crippen LogP contribution < -0.4 is 0 Å². The van der Waals surface area contributed by atoms with Crippen LogP contribution >= 0.6 is 11.8 Å². The van der Waals surface area contributed by atoms with Crippen LogP contribution in [0, 0.1) is 17.8 Å². The maximum Gasteiger partial charge on any atom is 0.433 e. The number of alkyl halides is 3. The molecule has 4 bridgehead atoms. The van der Waals surface area contributed by atoms with Crippen LogP contribution in [0.25, 0.3) is 11.3 Å². The summed E-state index contributed by atoms with van der Waals surface area (Å²) in [5, 5.41) is -0.599. The van der Waals surface area contributed by atoms with Crippen LogP contribution in [0.4, 0.5) is 13.2 Å². The third-order valence-corrected chi connectivity index (χ3v) is 8.69. The predicted octanol–water partition coefficient (Wildman–Crippen LogP) is 6.07. The fourth-order valence-corrected chi connectivity index (χ4v) is 7.45. The van der Waals surface area contributed by atoms with Gasteiger partial charge in [-0.25, -0.2) is 9.97 Å². The van der Waals surface area contributed by atoms with E-state index in [9.17, 15) is 18.0 Å². The number of benzene rings is 1. The van der Waals surface area contributed by atoms with Crippen LogP contribution in [-0.4, -0.2) is 38.6 Å². The number of hydrogen-bond donors (Lipinski definition) is 0. The number of nitrogens with zero attached hydrogens (tertiary/aromatic N) is 3. The number of rotatable bonds is 5. The van der Waals surface area contributed by atoms with Gasteiger partial charge in [0.25, 0.3) is 0 Å². The van der Waals surface area contributed by atoms with E-state index in [0.29, 0.717) is 23.3 Å². The molecule has 2 aromatic rings. The molecule has 1 aromatic carbocycles. The molecule has 0 aliphatic heterocycles. The maximum atomic E-state index is 13.5. The monoisotopic (exact) mass is 475 g/mol. The smallest absolute Gasteiger partial charge is 0.339 e. The van der Waals surface area contributed by atoms with E-state index in [-0.39, 0.29) is 22.3 Å². The van der Waals surface area contributed by atoms with Crippen molar-refractivity contribution in [1.29, 1.82) is 0 Å². The molecule has 4 aliphatic carbocycles. The summed E-state index contributed by atoms with van der Waals surface area (Å²) in [5.74, 6) is 2.06. The lowest BCUT2D eigenvalue weighted by molar-refractivity contribution is -0.146. The molecule has 1 aromatic heterocycles. The summed E-state index contributed by atoms with van der Waals surface area (Å²) in [6, 6.07) is 9.70. The van der Waals surface area contributed by atoms with Crippen molar-refractivity contribution in [3.05, 3.63) is 42.1 Å². The lowest BCUT2D eigenvalue weighted by Crippen LogP contribution is -2.61. The van der Waals surface area contributed by atoms with E-state index in [0.717, 1.165) is 37.1 Å². The number of carbonyl (C=O) groups excluding carboxylic acids is 1. The number of amides is 1. The average Bonchev–Trinajstić information content (AvgIpc) is 2.77. The van der Waals surface area contributed by atoms with Crippen molar-refractivity contribution < 1.29 is 18.0 Å². The normalized spacial score (nSPS) is 29.2. The van der Waals surface area contributed by atoms with Crippen LogP contribution in [0.5, 0.6) is 0 Å². The topological polar surface area (TPSA) is 46.1 Å². The van der Waals surface area contributed by atoms with E-state index in [1.54, 1.807) is 37.3 Å². The molecule has 1 amide bonds. The van der Waals surface area contributed by atoms with Gasteiger partial charge in [-0.2, -0.15) is 13.2 Å². The molecule has 4 saturated carbocycles. The van der Waals surface area contributed by atoms with Gasteiger partial charge in [0.1, 0.15) is 5.69 Å². The lowest BCUT2D eigenvalue weighted by Gasteiger charge is -2.60. The van der Waals surface area contributed by atoms with E-state index in [4.69, 9.17) is 0 Å². The van der Waals surface area contributed by atoms with Crippen molar-refractivity contribution in [1.82, 2.24) is 14.9 Å². The molecule has 0 saturated heterocycles. The molecule has 4 nitrogen and oxygen atoms in total. The Kier molecular flexibility index (Phi) is 5.70. The summed E-state index contributed by atoms with van der Waals surface area (Å²) in [4.78, 5) is 23.5. The molecule has 176 valence electrons. The van der Waals surface area contributed by atoms with Crippen molar-refractivity contribution in [2.24, 2.45) is 17.8 Å². The molecule has 1 atom stereocenters. The highest BCUT2D eigenvalue weighted by Gasteiger charge is 2.54. The first-order valence-electron chi connectivity index (χ1n) is 11.6. The molecule has 6 rings (SSSR count). The standard InChI is InChI=1S/C25H28F3N3OS/c1-15(22(32)31(2)24-12-16-8-17(13-24)10-18(9-16)14-24)33-23-29-20(19-6-4-3-5-7-19)11-21(30-23)25(26,27)28/h3-7,11,15-18H,8-10,12-14H2,1-2H3/t15-,16?,17?,18?,24?/m1/s1. The van der Waals surface area contributed by atoms with Crippen molar-refractivity contribution >= 4 is 17.7 Å². The van der Waals surface area contributed by atoms with Crippen LogP contribution in [0.2, 0.25) is 0 Å². The Hall–Kier alpha value is -2.09. The summed E-state index contributed by atoms with van der Waals surface area (Å²) in [6.45, 7) is 1.75. The number of carbonyl (C=O) groups is 1. The SMILES string of the molecule is C[C@@H](Sc1nc(-c2ccccc2)cc(C(F)(F)F)n1)C(=O)N(C)C12CC3CC(CC(C3)C1)C2. The highest BCUT2D eigenvalue weighted by molar-refractivity contribution is 8.00. The summed E-state index contributed by atoms with van der Waals surface area (Å²) in [7, 11) is 1.88. The second kappa shape index (κ2) is 8.29. The minimum absolute atomic E-state index is 0.0246. The summed E-state index contributed by atoms with van der Waals surface area (Å²) in [5.41, 5.74) is -0.302. The number of hydrogen-bond acceptors (Lipinski definition) is 4. The van der Waals surface area contributed by atoms with Crippen LogP contribution in [0.1, 0.15) is 51.1 Å². The molecule has 4 fully saturated rings. The van der Waals surface area contributed by atoms with Gasteiger partial charge in [0.05, 0.1) is 10.9 Å². The molecular weight excluding hydrogens is 447 g/mol. The Labute approximate surface area is 196 Å². The largest absolute Gasteiger partial charge is 0.433 e. The van der Waals surface area contributed by atoms with Crippen LogP contribution in [0.3, 0.4) is 0 Å². The molecule has 8 heteroatoms. The summed E-state index contributed by atoms with van der Waals surface area (Å²) < 4.78 is 40.6. The van der Waals surface area contributed by atoms with Gasteiger partial charge in [-0.3, -0.25) is 4.79 Å². The van der Waals surface area contributed by atoms with E-state index in [2.05, 4.69) is 9.97 Å². The second-order valence-electron chi connectivity index (χ2n) is 10.1. The number of halogens is 3. The Morgan fingerprint density at radius 1 is 1.06 bits per heavy atom. The third kappa shape index (κ3) is 4.38. The van der Waals surface area contributed by atoms with Gasteiger partial charge in [-0.15, -0.1) is 0 Å². The van der Waals surface area contributed by atoms with Gasteiger partial charge in [-0.05, 0) is 69.3 Å². The summed E-state index contributed by atoms with van der Waals surface area (Å²) >= 11 is 1.01. The minimum Gasteiger partial charge on any atom is -0.339 e. The minimum atomic E-state index is -4.59. The second-order valence-corrected chi connectivity index (χ2v) is 11.4. The zero-order valence-corrected chi connectivity index (χ0v) is 19.6. The van der Waals surface area contributed by atoms with Crippen molar-refractivity contribution in [3.63, 3.8) is 0 Å². The first kappa shape index (κ1) is 22.7. The molecule has 4 aliphatic rings. The van der Waals surface area contributed by atoms with Gasteiger partial charge in [-0.1, -0.05) is 42.1 Å². The van der Waals surface area contributed by atoms with Crippen LogP contribution in [-0.2, 0) is 11.0 Å². The van der Waals surface area contributed by atoms with E-state index >= 15 is 0 Å². The van der Waals surface area contributed by atoms with Crippen molar-refractivity contribution in [3.8, 4) is 11.3 Å². The van der Waals surface area contributed by atoms with Gasteiger partial charge in [0, 0.05) is 18.2 Å². The molecule has 1 heterocycles. The first-order valence-corrected chi connectivity index (χ1v) is 12.5. The predicted molar refractivity (Wildman–Crippen MR) is 121 cm³/mol. The summed E-state index contributed by atoms with van der Waals surface area (Å²) in [6.07, 6.45) is 2.42. The lowest BCUT2D eigenvalue weighted by atomic mass is 9.52. The maximum absolute atomic E-state index is 13.5. The number of thioether (sulfide) groups is 1.